The summed E-state index contributed by atoms with van der Waals surface area (Å²) in [6, 6.07) is 24.3. The van der Waals surface area contributed by atoms with Crippen molar-refractivity contribution < 1.29 is 19.1 Å². The topological polar surface area (TPSA) is 72.5 Å². The zero-order chi connectivity index (χ0) is 25.3. The first kappa shape index (κ1) is 24.0. The van der Waals surface area contributed by atoms with Gasteiger partial charge in [0.05, 0.1) is 12.5 Å². The molecule has 3 aromatic rings. The minimum Gasteiger partial charge on any atom is -0.466 e. The predicted octanol–water partition coefficient (Wildman–Crippen LogP) is 5.49. The Morgan fingerprint density at radius 3 is 2.42 bits per heavy atom. The van der Waals surface area contributed by atoms with Gasteiger partial charge in [-0.2, -0.15) is 0 Å². The lowest BCUT2D eigenvalue weighted by Crippen LogP contribution is -2.56. The van der Waals surface area contributed by atoms with Crippen LogP contribution in [0, 0.1) is 11.8 Å². The van der Waals surface area contributed by atoms with E-state index in [1.165, 1.54) is 0 Å². The highest BCUT2D eigenvalue weighted by Gasteiger charge is 2.64. The molecule has 0 radical (unpaired) electrons. The number of esters is 1. The maximum Gasteiger partial charge on any atom is 0.311 e. The number of rotatable bonds is 6. The van der Waals surface area contributed by atoms with Crippen molar-refractivity contribution >= 4 is 35.5 Å². The van der Waals surface area contributed by atoms with Gasteiger partial charge in [0.2, 0.25) is 5.91 Å². The highest BCUT2D eigenvalue weighted by Crippen LogP contribution is 2.59. The first-order valence-electron chi connectivity index (χ1n) is 12.0. The van der Waals surface area contributed by atoms with Gasteiger partial charge in [0.1, 0.15) is 11.7 Å². The van der Waals surface area contributed by atoms with Crippen LogP contribution in [0.2, 0.25) is 5.02 Å². The Bertz CT molecular complexity index is 1340. The van der Waals surface area contributed by atoms with Gasteiger partial charge in [0.15, 0.2) is 0 Å². The number of hydrogen-bond donors (Lipinski definition) is 1. The lowest BCUT2D eigenvalue weighted by molar-refractivity contribution is -0.156. The number of anilines is 1. The number of hydrogen-bond acceptors (Lipinski definition) is 4. The number of ether oxygens (including phenoxy) is 1. The van der Waals surface area contributed by atoms with Gasteiger partial charge >= 0.3 is 5.97 Å². The molecular formula is C30H26ClNO4. The van der Waals surface area contributed by atoms with Crippen molar-refractivity contribution in [2.45, 2.75) is 24.7 Å². The van der Waals surface area contributed by atoms with Crippen molar-refractivity contribution in [1.29, 1.82) is 0 Å². The summed E-state index contributed by atoms with van der Waals surface area (Å²) < 4.78 is 5.61. The third-order valence-corrected chi connectivity index (χ3v) is 7.52. The second kappa shape index (κ2) is 9.75. The van der Waals surface area contributed by atoms with E-state index < -0.39 is 29.1 Å². The van der Waals surface area contributed by atoms with Crippen LogP contribution in [0.5, 0.6) is 0 Å². The Morgan fingerprint density at radius 1 is 1.06 bits per heavy atom. The quantitative estimate of drug-likeness (QED) is 0.359. The zero-order valence-corrected chi connectivity index (χ0v) is 20.6. The van der Waals surface area contributed by atoms with E-state index in [0.717, 1.165) is 17.4 Å². The van der Waals surface area contributed by atoms with Crippen molar-refractivity contribution in [3.8, 4) is 0 Å². The summed E-state index contributed by atoms with van der Waals surface area (Å²) in [5, 5.41) is 3.44. The fourth-order valence-corrected chi connectivity index (χ4v) is 6.17. The lowest BCUT2D eigenvalue weighted by atomic mass is 9.52. The average molecular weight is 500 g/mol. The molecule has 2 aliphatic rings. The number of benzene rings is 3. The molecule has 36 heavy (non-hydrogen) atoms. The fraction of sp³-hybridized carbons (Fsp3) is 0.233. The summed E-state index contributed by atoms with van der Waals surface area (Å²) in [4.78, 5) is 40.6. The Kier molecular flexibility index (Phi) is 6.50. The minimum absolute atomic E-state index is 0.174. The number of carbonyl (C=O) groups is 3. The van der Waals surface area contributed by atoms with E-state index in [9.17, 15) is 14.4 Å². The van der Waals surface area contributed by atoms with Gasteiger partial charge < -0.3 is 10.1 Å². The standard InChI is InChI=1S/C30H26ClNO4/c1-2-36-28(34)27-21(15-19-9-5-3-6-10-19)16-22(18-33)26(20-11-7-4-8-12-20)30(27)24-17-23(31)13-14-25(24)32-29(30)35/h3-14,16-18,21,26-27H,2,15H2,1H3,(H,32,35)/t21-,26+,27-,30-/m1/s1. The van der Waals surface area contributed by atoms with Gasteiger partial charge in [-0.05, 0) is 59.7 Å². The van der Waals surface area contributed by atoms with Crippen molar-refractivity contribution in [2.75, 3.05) is 11.9 Å². The number of nitrogens with one attached hydrogen (secondary N) is 1. The molecule has 0 saturated heterocycles. The molecular weight excluding hydrogens is 474 g/mol. The molecule has 4 atom stereocenters. The smallest absolute Gasteiger partial charge is 0.311 e. The molecule has 1 N–H and O–H groups in total. The highest BCUT2D eigenvalue weighted by atomic mass is 35.5. The highest BCUT2D eigenvalue weighted by molar-refractivity contribution is 6.31. The summed E-state index contributed by atoms with van der Waals surface area (Å²) in [5.74, 6) is -2.84. The summed E-state index contributed by atoms with van der Waals surface area (Å²) >= 11 is 6.45. The van der Waals surface area contributed by atoms with Crippen LogP contribution >= 0.6 is 11.6 Å². The van der Waals surface area contributed by atoms with Gasteiger partial charge in [0.25, 0.3) is 0 Å². The van der Waals surface area contributed by atoms with E-state index in [2.05, 4.69) is 5.32 Å². The van der Waals surface area contributed by atoms with Crippen molar-refractivity contribution in [3.63, 3.8) is 0 Å². The van der Waals surface area contributed by atoms with Crippen molar-refractivity contribution in [2.24, 2.45) is 11.8 Å². The second-order valence-electron chi connectivity index (χ2n) is 9.22. The van der Waals surface area contributed by atoms with Crippen LogP contribution in [-0.2, 0) is 31.0 Å². The molecule has 1 amide bonds. The van der Waals surface area contributed by atoms with Crippen LogP contribution in [0.15, 0.2) is 90.5 Å². The largest absolute Gasteiger partial charge is 0.466 e. The Hall–Kier alpha value is -3.70. The Labute approximate surface area is 215 Å². The van der Waals surface area contributed by atoms with Crippen LogP contribution in [0.1, 0.15) is 29.5 Å². The van der Waals surface area contributed by atoms with E-state index >= 15 is 0 Å². The zero-order valence-electron chi connectivity index (χ0n) is 19.8. The number of amides is 1. The number of fused-ring (bicyclic) bond motifs is 2. The molecule has 6 heteroatoms. The first-order valence-corrected chi connectivity index (χ1v) is 12.4. The SMILES string of the molecule is CCOC(=O)[C@H]1[C@H](Cc2ccccc2)C=C(C=O)[C@H](c2ccccc2)[C@@]12C(=O)Nc1ccc(Cl)cc12. The van der Waals surface area contributed by atoms with Crippen LogP contribution < -0.4 is 5.32 Å². The summed E-state index contributed by atoms with van der Waals surface area (Å²) in [6.07, 6.45) is 3.14. The second-order valence-corrected chi connectivity index (χ2v) is 9.66. The van der Waals surface area contributed by atoms with Crippen LogP contribution in [0.3, 0.4) is 0 Å². The molecule has 1 aliphatic heterocycles. The Morgan fingerprint density at radius 2 is 1.75 bits per heavy atom. The van der Waals surface area contributed by atoms with Gasteiger partial charge in [0, 0.05) is 16.6 Å². The summed E-state index contributed by atoms with van der Waals surface area (Å²) in [7, 11) is 0. The number of aldehydes is 1. The van der Waals surface area contributed by atoms with Gasteiger partial charge in [-0.1, -0.05) is 78.3 Å². The van der Waals surface area contributed by atoms with Crippen molar-refractivity contribution in [1.82, 2.24) is 0 Å². The number of halogens is 1. The average Bonchev–Trinajstić information content (AvgIpc) is 3.16. The van der Waals surface area contributed by atoms with E-state index in [4.69, 9.17) is 16.3 Å². The molecule has 0 saturated carbocycles. The van der Waals surface area contributed by atoms with Crippen LogP contribution in [0.4, 0.5) is 5.69 Å². The van der Waals surface area contributed by atoms with E-state index in [0.29, 0.717) is 28.3 Å². The molecule has 0 bridgehead atoms. The molecule has 0 aromatic heterocycles. The fourth-order valence-electron chi connectivity index (χ4n) is 5.99. The summed E-state index contributed by atoms with van der Waals surface area (Å²) in [5.41, 5.74) is 2.01. The number of carbonyl (C=O) groups excluding carboxylic acids is 3. The monoisotopic (exact) mass is 499 g/mol. The molecule has 5 rings (SSSR count). The molecule has 0 fully saturated rings. The lowest BCUT2D eigenvalue weighted by Gasteiger charge is -2.47. The third-order valence-electron chi connectivity index (χ3n) is 7.29. The molecule has 1 aliphatic carbocycles. The van der Waals surface area contributed by atoms with Crippen molar-refractivity contribution in [3.05, 3.63) is 112 Å². The molecule has 1 spiro atoms. The van der Waals surface area contributed by atoms with Crippen LogP contribution in [0.25, 0.3) is 0 Å². The third kappa shape index (κ3) is 3.84. The number of allylic oxidation sites excluding steroid dienone is 2. The molecule has 1 heterocycles. The molecule has 0 unspecified atom stereocenters. The maximum absolute atomic E-state index is 14.2. The molecule has 5 nitrogen and oxygen atoms in total. The van der Waals surface area contributed by atoms with E-state index in [1.54, 1.807) is 25.1 Å². The Balaban J connectivity index is 1.83. The summed E-state index contributed by atoms with van der Waals surface area (Å²) in [6.45, 7) is 1.92. The van der Waals surface area contributed by atoms with Gasteiger partial charge in [-0.25, -0.2) is 0 Å². The van der Waals surface area contributed by atoms with Gasteiger partial charge in [-0.15, -0.1) is 0 Å². The van der Waals surface area contributed by atoms with Crippen LogP contribution in [-0.4, -0.2) is 24.8 Å². The molecule has 3 aromatic carbocycles. The van der Waals surface area contributed by atoms with E-state index in [1.807, 2.05) is 66.7 Å². The van der Waals surface area contributed by atoms with Gasteiger partial charge in [-0.3, -0.25) is 14.4 Å². The minimum atomic E-state index is -1.42. The first-order chi connectivity index (χ1) is 17.5. The predicted molar refractivity (Wildman–Crippen MR) is 139 cm³/mol. The maximum atomic E-state index is 14.2. The molecule has 182 valence electrons. The normalized spacial score (nSPS) is 24.6. The van der Waals surface area contributed by atoms with E-state index in [-0.39, 0.29) is 12.5 Å².